The fraction of sp³-hybridized carbons (Fsp3) is 0.625. The van der Waals surface area contributed by atoms with E-state index >= 15 is 0 Å². The van der Waals surface area contributed by atoms with Gasteiger partial charge in [0.15, 0.2) is 0 Å². The number of ether oxygens (including phenoxy) is 1. The van der Waals surface area contributed by atoms with Crippen LogP contribution in [0.3, 0.4) is 0 Å². The highest BCUT2D eigenvalue weighted by molar-refractivity contribution is 5.28. The summed E-state index contributed by atoms with van der Waals surface area (Å²) in [5.74, 6) is 0.922. The van der Waals surface area contributed by atoms with Gasteiger partial charge in [-0.05, 0) is 38.0 Å². The lowest BCUT2D eigenvalue weighted by molar-refractivity contribution is 0.0810. The zero-order chi connectivity index (χ0) is 13.4. The molecule has 18 heavy (non-hydrogen) atoms. The number of rotatable bonds is 8. The molecule has 0 unspecified atom stereocenters. The summed E-state index contributed by atoms with van der Waals surface area (Å²) < 4.78 is 5.68. The van der Waals surface area contributed by atoms with Crippen molar-refractivity contribution in [1.29, 1.82) is 0 Å². The van der Waals surface area contributed by atoms with Crippen LogP contribution < -0.4 is 4.74 Å². The topological polar surface area (TPSA) is 29.5 Å². The molecule has 0 amide bonds. The van der Waals surface area contributed by atoms with E-state index in [4.69, 9.17) is 4.74 Å². The van der Waals surface area contributed by atoms with Crippen molar-refractivity contribution < 1.29 is 9.84 Å². The Balaban J connectivity index is 2.32. The lowest BCUT2D eigenvalue weighted by atomic mass is 9.99. The van der Waals surface area contributed by atoms with Crippen LogP contribution in [0, 0.1) is 0 Å². The molecule has 0 aliphatic carbocycles. The molecule has 102 valence electrons. The normalized spacial score (nSPS) is 11.6. The van der Waals surface area contributed by atoms with Crippen LogP contribution in [0.5, 0.6) is 5.75 Å². The first-order chi connectivity index (χ1) is 8.51. The predicted octanol–water partition coefficient (Wildman–Crippen LogP) is 3.96. The molecule has 1 aromatic rings. The fourth-order valence-electron chi connectivity index (χ4n) is 1.92. The minimum absolute atomic E-state index is 0.650. The van der Waals surface area contributed by atoms with Crippen LogP contribution in [0.2, 0.25) is 0 Å². The second-order valence-corrected chi connectivity index (χ2v) is 5.54. The second-order valence-electron chi connectivity index (χ2n) is 5.54. The van der Waals surface area contributed by atoms with Crippen LogP contribution >= 0.6 is 0 Å². The molecule has 0 radical (unpaired) electrons. The molecule has 2 nitrogen and oxygen atoms in total. The van der Waals surface area contributed by atoms with Gasteiger partial charge in [0, 0.05) is 6.42 Å². The molecule has 0 aliphatic rings. The highest BCUT2D eigenvalue weighted by atomic mass is 16.5. The van der Waals surface area contributed by atoms with Gasteiger partial charge in [-0.3, -0.25) is 0 Å². The molecule has 1 N–H and O–H groups in total. The van der Waals surface area contributed by atoms with E-state index in [0.717, 1.165) is 24.3 Å². The lowest BCUT2D eigenvalue weighted by Crippen LogP contribution is -2.21. The van der Waals surface area contributed by atoms with Crippen LogP contribution in [-0.4, -0.2) is 17.3 Å². The van der Waals surface area contributed by atoms with E-state index in [1.807, 2.05) is 38.1 Å². The molecule has 0 fully saturated rings. The largest absolute Gasteiger partial charge is 0.494 e. The van der Waals surface area contributed by atoms with Gasteiger partial charge < -0.3 is 9.84 Å². The van der Waals surface area contributed by atoms with E-state index in [2.05, 4.69) is 6.92 Å². The highest BCUT2D eigenvalue weighted by Gasteiger charge is 2.12. The molecule has 0 atom stereocenters. The Labute approximate surface area is 111 Å². The first kappa shape index (κ1) is 15.0. The van der Waals surface area contributed by atoms with E-state index in [1.54, 1.807) is 0 Å². The van der Waals surface area contributed by atoms with Gasteiger partial charge in [0.2, 0.25) is 0 Å². The van der Waals surface area contributed by atoms with E-state index in [1.165, 1.54) is 19.3 Å². The number of hydrogen-bond donors (Lipinski definition) is 1. The molecule has 1 aromatic carbocycles. The maximum atomic E-state index is 9.73. The smallest absolute Gasteiger partial charge is 0.119 e. The maximum absolute atomic E-state index is 9.73. The van der Waals surface area contributed by atoms with Gasteiger partial charge >= 0.3 is 0 Å². The summed E-state index contributed by atoms with van der Waals surface area (Å²) in [6.45, 7) is 6.66. The van der Waals surface area contributed by atoms with Crippen molar-refractivity contribution in [3.05, 3.63) is 29.8 Å². The van der Waals surface area contributed by atoms with E-state index in [-0.39, 0.29) is 0 Å². The summed E-state index contributed by atoms with van der Waals surface area (Å²) in [7, 11) is 0. The number of aliphatic hydroxyl groups is 1. The van der Waals surface area contributed by atoms with Crippen molar-refractivity contribution in [2.45, 2.75) is 58.5 Å². The summed E-state index contributed by atoms with van der Waals surface area (Å²) in [6, 6.07) is 8.03. The van der Waals surface area contributed by atoms with Crippen molar-refractivity contribution in [2.24, 2.45) is 0 Å². The fourth-order valence-corrected chi connectivity index (χ4v) is 1.92. The van der Waals surface area contributed by atoms with Crippen LogP contribution in [0.25, 0.3) is 0 Å². The standard InChI is InChI=1S/C16H26O2/c1-4-5-6-7-12-18-15-10-8-14(9-11-15)13-16(2,3)17/h8-11,17H,4-7,12-13H2,1-3H3. The predicted molar refractivity (Wildman–Crippen MR) is 76.1 cm³/mol. The molecule has 1 rings (SSSR count). The molecule has 0 saturated carbocycles. The first-order valence-electron chi connectivity index (χ1n) is 6.95. The third kappa shape index (κ3) is 6.65. The third-order valence-electron chi connectivity index (χ3n) is 2.83. The molecular formula is C16H26O2. The Hall–Kier alpha value is -1.02. The maximum Gasteiger partial charge on any atom is 0.119 e. The first-order valence-corrected chi connectivity index (χ1v) is 6.95. The molecule has 0 bridgehead atoms. The van der Waals surface area contributed by atoms with Crippen LogP contribution in [-0.2, 0) is 6.42 Å². The molecular weight excluding hydrogens is 224 g/mol. The van der Waals surface area contributed by atoms with E-state index in [0.29, 0.717) is 6.42 Å². The Morgan fingerprint density at radius 3 is 2.28 bits per heavy atom. The molecule has 2 heteroatoms. The van der Waals surface area contributed by atoms with Crippen molar-refractivity contribution >= 4 is 0 Å². The van der Waals surface area contributed by atoms with Crippen molar-refractivity contribution in [3.63, 3.8) is 0 Å². The lowest BCUT2D eigenvalue weighted by Gasteiger charge is -2.17. The SMILES string of the molecule is CCCCCCOc1ccc(CC(C)(C)O)cc1. The van der Waals surface area contributed by atoms with Crippen molar-refractivity contribution in [3.8, 4) is 5.75 Å². The Morgan fingerprint density at radius 2 is 1.72 bits per heavy atom. The average molecular weight is 250 g/mol. The minimum atomic E-state index is -0.650. The van der Waals surface area contributed by atoms with Gasteiger partial charge in [0.1, 0.15) is 5.75 Å². The van der Waals surface area contributed by atoms with Gasteiger partial charge in [0.25, 0.3) is 0 Å². The quantitative estimate of drug-likeness (QED) is 0.708. The zero-order valence-corrected chi connectivity index (χ0v) is 11.9. The monoisotopic (exact) mass is 250 g/mol. The summed E-state index contributed by atoms with van der Waals surface area (Å²) in [4.78, 5) is 0. The van der Waals surface area contributed by atoms with Gasteiger partial charge in [-0.15, -0.1) is 0 Å². The number of benzene rings is 1. The second kappa shape index (κ2) is 7.42. The van der Waals surface area contributed by atoms with Crippen molar-refractivity contribution in [1.82, 2.24) is 0 Å². The Kier molecular flexibility index (Phi) is 6.20. The van der Waals surface area contributed by atoms with Crippen molar-refractivity contribution in [2.75, 3.05) is 6.61 Å². The van der Waals surface area contributed by atoms with Crippen LogP contribution in [0.4, 0.5) is 0 Å². The summed E-state index contributed by atoms with van der Waals surface area (Å²) in [5, 5.41) is 9.73. The number of unbranched alkanes of at least 4 members (excludes halogenated alkanes) is 3. The molecule has 0 spiro atoms. The Morgan fingerprint density at radius 1 is 1.06 bits per heavy atom. The van der Waals surface area contributed by atoms with Gasteiger partial charge in [-0.2, -0.15) is 0 Å². The number of hydrogen-bond acceptors (Lipinski definition) is 2. The molecule has 0 heterocycles. The molecule has 0 aliphatic heterocycles. The van der Waals surface area contributed by atoms with Crippen LogP contribution in [0.1, 0.15) is 52.0 Å². The van der Waals surface area contributed by atoms with Crippen LogP contribution in [0.15, 0.2) is 24.3 Å². The van der Waals surface area contributed by atoms with Gasteiger partial charge in [0.05, 0.1) is 12.2 Å². The van der Waals surface area contributed by atoms with Gasteiger partial charge in [-0.25, -0.2) is 0 Å². The molecule has 0 saturated heterocycles. The van der Waals surface area contributed by atoms with Gasteiger partial charge in [-0.1, -0.05) is 38.3 Å². The summed E-state index contributed by atoms with van der Waals surface area (Å²) >= 11 is 0. The molecule has 0 aromatic heterocycles. The summed E-state index contributed by atoms with van der Waals surface area (Å²) in [6.07, 6.45) is 5.58. The van der Waals surface area contributed by atoms with E-state index < -0.39 is 5.60 Å². The highest BCUT2D eigenvalue weighted by Crippen LogP contribution is 2.17. The average Bonchev–Trinajstić information content (AvgIpc) is 2.29. The third-order valence-corrected chi connectivity index (χ3v) is 2.83. The van der Waals surface area contributed by atoms with E-state index in [9.17, 15) is 5.11 Å². The summed E-state index contributed by atoms with van der Waals surface area (Å²) in [5.41, 5.74) is 0.489. The minimum Gasteiger partial charge on any atom is -0.494 e. The zero-order valence-electron chi connectivity index (χ0n) is 11.9. The Bertz CT molecular complexity index is 322.